The highest BCUT2D eigenvalue weighted by atomic mass is 32.2. The zero-order valence-electron chi connectivity index (χ0n) is 23.0. The van der Waals surface area contributed by atoms with E-state index in [2.05, 4.69) is 114 Å². The predicted octanol–water partition coefficient (Wildman–Crippen LogP) is 7.44. The lowest BCUT2D eigenvalue weighted by molar-refractivity contribution is -0.669. The van der Waals surface area contributed by atoms with Gasteiger partial charge in [-0.25, -0.2) is 0 Å². The van der Waals surface area contributed by atoms with E-state index in [4.69, 9.17) is 4.55 Å². The molecule has 1 aliphatic heterocycles. The second kappa shape index (κ2) is 11.5. The first-order chi connectivity index (χ1) is 19.3. The fourth-order valence-electron chi connectivity index (χ4n) is 5.19. The van der Waals surface area contributed by atoms with E-state index in [0.29, 0.717) is 0 Å². The molecule has 0 bridgehead atoms. The van der Waals surface area contributed by atoms with Gasteiger partial charge in [0.25, 0.3) is 10.1 Å². The summed E-state index contributed by atoms with van der Waals surface area (Å²) in [6, 6.07) is 32.2. The Bertz CT molecular complexity index is 1860. The molecule has 0 saturated heterocycles. The quantitative estimate of drug-likeness (QED) is 0.187. The summed E-state index contributed by atoms with van der Waals surface area (Å²) in [7, 11) is -4.02. The number of benzene rings is 4. The first-order valence-electron chi connectivity index (χ1n) is 13.4. The Labute approximate surface area is 236 Å². The van der Waals surface area contributed by atoms with E-state index in [1.807, 2.05) is 6.92 Å². The maximum absolute atomic E-state index is 10.5. The first-order valence-corrected chi connectivity index (χ1v) is 14.9. The number of aryl methyl sites for hydroxylation is 2. The molecule has 0 amide bonds. The van der Waals surface area contributed by atoms with Gasteiger partial charge >= 0.3 is 0 Å². The van der Waals surface area contributed by atoms with Crippen LogP contribution < -0.4 is 9.47 Å². The van der Waals surface area contributed by atoms with Crippen LogP contribution in [0.5, 0.6) is 0 Å². The molecule has 1 N–H and O–H groups in total. The van der Waals surface area contributed by atoms with Gasteiger partial charge in [0.1, 0.15) is 6.54 Å². The number of allylic oxidation sites excluding steroid dienone is 1. The Balaban J connectivity index is 0.000000248. The molecule has 6 heteroatoms. The van der Waals surface area contributed by atoms with Crippen molar-refractivity contribution in [3.8, 4) is 0 Å². The largest absolute Gasteiger partial charge is 0.341 e. The van der Waals surface area contributed by atoms with Crippen LogP contribution in [0.4, 0.5) is 5.69 Å². The zero-order valence-corrected chi connectivity index (χ0v) is 23.8. The van der Waals surface area contributed by atoms with Gasteiger partial charge in [-0.15, -0.1) is 0 Å². The van der Waals surface area contributed by atoms with Crippen LogP contribution in [-0.4, -0.2) is 19.5 Å². The maximum atomic E-state index is 10.5. The van der Waals surface area contributed by atoms with Crippen LogP contribution >= 0.6 is 0 Å². The molecule has 6 rings (SSSR count). The third-order valence-electron chi connectivity index (χ3n) is 7.19. The summed E-state index contributed by atoms with van der Waals surface area (Å²) >= 11 is 0. The highest BCUT2D eigenvalue weighted by Crippen LogP contribution is 2.36. The fourth-order valence-corrected chi connectivity index (χ4v) is 5.67. The second-order valence-electron chi connectivity index (χ2n) is 9.72. The van der Waals surface area contributed by atoms with Crippen molar-refractivity contribution in [1.82, 2.24) is 0 Å². The van der Waals surface area contributed by atoms with Crippen LogP contribution in [0.25, 0.3) is 33.8 Å². The van der Waals surface area contributed by atoms with E-state index in [1.54, 1.807) is 12.1 Å². The van der Waals surface area contributed by atoms with E-state index in [-0.39, 0.29) is 4.90 Å². The van der Waals surface area contributed by atoms with Gasteiger partial charge in [0.2, 0.25) is 11.2 Å². The lowest BCUT2D eigenvalue weighted by atomic mass is 9.98. The molecule has 0 saturated carbocycles. The molecular formula is C34H33N2O3S+. The zero-order chi connectivity index (χ0) is 28.3. The van der Waals surface area contributed by atoms with Gasteiger partial charge in [-0.3, -0.25) is 4.55 Å². The van der Waals surface area contributed by atoms with E-state index in [9.17, 15) is 8.42 Å². The van der Waals surface area contributed by atoms with Crippen LogP contribution in [0.15, 0.2) is 114 Å². The molecule has 0 radical (unpaired) electrons. The van der Waals surface area contributed by atoms with Crippen molar-refractivity contribution in [1.29, 1.82) is 0 Å². The van der Waals surface area contributed by atoms with Crippen molar-refractivity contribution in [2.45, 2.75) is 32.2 Å². The molecule has 0 fully saturated rings. The Kier molecular flexibility index (Phi) is 7.83. The van der Waals surface area contributed by atoms with Gasteiger partial charge in [0, 0.05) is 47.1 Å². The van der Waals surface area contributed by atoms with E-state index in [0.717, 1.165) is 18.7 Å². The Morgan fingerprint density at radius 1 is 0.800 bits per heavy atom. The van der Waals surface area contributed by atoms with Gasteiger partial charge in [-0.1, -0.05) is 66.2 Å². The summed E-state index contributed by atoms with van der Waals surface area (Å²) in [5.41, 5.74) is 7.28. The van der Waals surface area contributed by atoms with Gasteiger partial charge in [-0.2, -0.15) is 13.0 Å². The van der Waals surface area contributed by atoms with Crippen LogP contribution in [0.2, 0.25) is 0 Å². The molecule has 0 spiro atoms. The maximum Gasteiger partial charge on any atom is 0.294 e. The number of hydrogen-bond acceptors (Lipinski definition) is 3. The van der Waals surface area contributed by atoms with Crippen molar-refractivity contribution in [2.75, 3.05) is 11.4 Å². The van der Waals surface area contributed by atoms with Gasteiger partial charge in [0.05, 0.1) is 4.90 Å². The Hall–Kier alpha value is -4.26. The molecule has 202 valence electrons. The van der Waals surface area contributed by atoms with Crippen molar-refractivity contribution in [3.63, 3.8) is 0 Å². The summed E-state index contributed by atoms with van der Waals surface area (Å²) in [5, 5.41) is 3.88. The third kappa shape index (κ3) is 5.55. The number of hydrogen-bond donors (Lipinski definition) is 1. The predicted molar refractivity (Wildman–Crippen MR) is 165 cm³/mol. The number of aromatic nitrogens is 1. The number of likely N-dealkylation sites (N-methyl/N-ethyl adjacent to an activating group) is 1. The van der Waals surface area contributed by atoms with Gasteiger partial charge in [0.15, 0.2) is 0 Å². The number of para-hydroxylation sites is 1. The van der Waals surface area contributed by atoms with E-state index < -0.39 is 10.1 Å². The number of nitrogens with zero attached hydrogens (tertiary/aromatic N) is 2. The molecular weight excluding hydrogens is 516 g/mol. The van der Waals surface area contributed by atoms with Crippen LogP contribution in [0.1, 0.15) is 30.7 Å². The number of anilines is 1. The molecule has 2 heterocycles. The molecule has 0 atom stereocenters. The second-order valence-corrected chi connectivity index (χ2v) is 11.1. The Morgan fingerprint density at radius 3 is 2.17 bits per heavy atom. The van der Waals surface area contributed by atoms with Crippen LogP contribution in [0, 0.1) is 6.92 Å². The molecule has 0 aliphatic carbocycles. The van der Waals surface area contributed by atoms with E-state index >= 15 is 0 Å². The first kappa shape index (κ1) is 27.3. The van der Waals surface area contributed by atoms with Gasteiger partial charge < -0.3 is 4.90 Å². The highest BCUT2D eigenvalue weighted by Gasteiger charge is 2.20. The summed E-state index contributed by atoms with van der Waals surface area (Å²) in [4.78, 5) is 2.35. The number of fused-ring (bicyclic) bond motifs is 4. The lowest BCUT2D eigenvalue weighted by Crippen LogP contribution is -2.37. The molecule has 5 nitrogen and oxygen atoms in total. The van der Waals surface area contributed by atoms with Crippen LogP contribution in [0.3, 0.4) is 0 Å². The summed E-state index contributed by atoms with van der Waals surface area (Å²) in [6.45, 7) is 8.15. The van der Waals surface area contributed by atoms with Crippen molar-refractivity contribution >= 4 is 49.6 Å². The molecule has 1 aliphatic rings. The average molecular weight is 550 g/mol. The van der Waals surface area contributed by atoms with Crippen molar-refractivity contribution in [2.24, 2.45) is 0 Å². The monoisotopic (exact) mass is 549 g/mol. The molecule has 5 aromatic rings. The standard InChI is InChI=1S/C27H25N2.C7H8O3S/c1-3-28-22(15-13-21-10-6-8-12-26(21)28)19-23-16-17-25-24-11-7-5-9-20(24)14-18-27(25)29(23)4-2;1-6-2-4-7(5-3-6)11(8,9)10/h5-19H,3-4H2,1-2H3;2-5H,1H3,(H,8,9,10)/q+1;. The summed E-state index contributed by atoms with van der Waals surface area (Å²) in [5.74, 6) is 0. The van der Waals surface area contributed by atoms with Crippen molar-refractivity contribution in [3.05, 3.63) is 126 Å². The minimum Gasteiger partial charge on any atom is -0.341 e. The summed E-state index contributed by atoms with van der Waals surface area (Å²) in [6.07, 6.45) is 6.84. The molecule has 0 unspecified atom stereocenters. The topological polar surface area (TPSA) is 61.5 Å². The van der Waals surface area contributed by atoms with Crippen LogP contribution in [-0.2, 0) is 16.7 Å². The average Bonchev–Trinajstić information content (AvgIpc) is 2.96. The molecule has 4 aromatic carbocycles. The third-order valence-corrected chi connectivity index (χ3v) is 8.06. The molecule has 40 heavy (non-hydrogen) atoms. The van der Waals surface area contributed by atoms with E-state index in [1.165, 1.54) is 56.4 Å². The minimum absolute atomic E-state index is 0.0666. The minimum atomic E-state index is -4.02. The SMILES string of the molecule is CCN1/C(=C/c2ccc3ccccc3[n+]2CC)C=Cc2c1ccc1ccccc21.Cc1ccc(S(=O)(=O)O)cc1. The summed E-state index contributed by atoms with van der Waals surface area (Å²) < 4.78 is 31.9. The normalized spacial score (nSPS) is 13.8. The fraction of sp³-hybridized carbons (Fsp3) is 0.147. The Morgan fingerprint density at radius 2 is 1.48 bits per heavy atom. The molecule has 1 aromatic heterocycles. The highest BCUT2D eigenvalue weighted by molar-refractivity contribution is 7.85. The van der Waals surface area contributed by atoms with Gasteiger partial charge in [-0.05, 0) is 68.0 Å². The number of rotatable bonds is 4. The number of pyridine rings is 1. The lowest BCUT2D eigenvalue weighted by Gasteiger charge is -2.30. The van der Waals surface area contributed by atoms with Crippen molar-refractivity contribution < 1.29 is 17.5 Å². The smallest absolute Gasteiger partial charge is 0.294 e.